The number of amides is 1. The van der Waals surface area contributed by atoms with Crippen molar-refractivity contribution in [2.75, 3.05) is 14.2 Å². The molecule has 1 atom stereocenters. The summed E-state index contributed by atoms with van der Waals surface area (Å²) in [7, 11) is 2.84. The molecule has 23 heavy (non-hydrogen) atoms. The molecule has 0 aliphatic heterocycles. The van der Waals surface area contributed by atoms with Crippen molar-refractivity contribution in [3.8, 4) is 5.75 Å². The van der Waals surface area contributed by atoms with Crippen LogP contribution in [0.3, 0.4) is 0 Å². The predicted molar refractivity (Wildman–Crippen MR) is 90.5 cm³/mol. The predicted octanol–water partition coefficient (Wildman–Crippen LogP) is 3.21. The van der Waals surface area contributed by atoms with E-state index in [9.17, 15) is 9.59 Å². The molecule has 1 aromatic carbocycles. The minimum absolute atomic E-state index is 0.395. The lowest BCUT2D eigenvalue weighted by Gasteiger charge is -2.26. The van der Waals surface area contributed by atoms with Crippen LogP contribution in [-0.2, 0) is 14.3 Å². The summed E-state index contributed by atoms with van der Waals surface area (Å²) < 4.78 is 9.98. The second-order valence-electron chi connectivity index (χ2n) is 5.28. The van der Waals surface area contributed by atoms with Crippen LogP contribution in [0.25, 0.3) is 6.08 Å². The first kappa shape index (κ1) is 19.0. The van der Waals surface area contributed by atoms with E-state index < -0.39 is 17.4 Å². The Balaban J connectivity index is 2.90. The summed E-state index contributed by atoms with van der Waals surface area (Å²) >= 11 is 5.95. The standard InChI is InChI=1S/C17H22ClNO4/c1-5-10-17(2,16(21)23-4)19-15(20)9-6-12-11-13(18)7-8-14(12)22-3/h6-9,11H,5,10H2,1-4H3,(H,19,20)/b9-6+. The molecule has 6 heteroatoms. The first-order valence-electron chi connectivity index (χ1n) is 7.28. The molecule has 0 bridgehead atoms. The van der Waals surface area contributed by atoms with E-state index in [1.54, 1.807) is 31.2 Å². The molecule has 0 fully saturated rings. The second-order valence-corrected chi connectivity index (χ2v) is 5.72. The highest BCUT2D eigenvalue weighted by atomic mass is 35.5. The Bertz CT molecular complexity index is 600. The van der Waals surface area contributed by atoms with E-state index in [2.05, 4.69) is 5.32 Å². The number of halogens is 1. The number of hydrogen-bond donors (Lipinski definition) is 1. The van der Waals surface area contributed by atoms with Crippen molar-refractivity contribution in [2.45, 2.75) is 32.2 Å². The normalized spacial score (nSPS) is 13.4. The maximum Gasteiger partial charge on any atom is 0.331 e. The average molecular weight is 340 g/mol. The van der Waals surface area contributed by atoms with E-state index >= 15 is 0 Å². The Morgan fingerprint density at radius 2 is 2.04 bits per heavy atom. The van der Waals surface area contributed by atoms with Gasteiger partial charge in [0.25, 0.3) is 0 Å². The summed E-state index contributed by atoms with van der Waals surface area (Å²) in [6.07, 6.45) is 4.15. The molecule has 0 aliphatic carbocycles. The second kappa shape index (κ2) is 8.58. The lowest BCUT2D eigenvalue weighted by molar-refractivity contribution is -0.150. The smallest absolute Gasteiger partial charge is 0.331 e. The molecule has 0 saturated heterocycles. The molecule has 1 rings (SSSR count). The van der Waals surface area contributed by atoms with Gasteiger partial charge in [0.05, 0.1) is 14.2 Å². The molecule has 0 saturated carbocycles. The zero-order valence-electron chi connectivity index (χ0n) is 13.8. The zero-order chi connectivity index (χ0) is 17.5. The Morgan fingerprint density at radius 1 is 1.35 bits per heavy atom. The zero-order valence-corrected chi connectivity index (χ0v) is 14.6. The summed E-state index contributed by atoms with van der Waals surface area (Å²) in [6.45, 7) is 3.58. The van der Waals surface area contributed by atoms with E-state index in [0.29, 0.717) is 22.8 Å². The van der Waals surface area contributed by atoms with Gasteiger partial charge < -0.3 is 14.8 Å². The van der Waals surface area contributed by atoms with E-state index in [4.69, 9.17) is 21.1 Å². The number of ether oxygens (including phenoxy) is 2. The lowest BCUT2D eigenvalue weighted by atomic mass is 9.96. The lowest BCUT2D eigenvalue weighted by Crippen LogP contribution is -2.52. The van der Waals surface area contributed by atoms with Crippen molar-refractivity contribution in [3.63, 3.8) is 0 Å². The minimum atomic E-state index is -1.05. The van der Waals surface area contributed by atoms with Crippen molar-refractivity contribution < 1.29 is 19.1 Å². The number of carbonyl (C=O) groups is 2. The quantitative estimate of drug-likeness (QED) is 0.612. The monoisotopic (exact) mass is 339 g/mol. The third-order valence-electron chi connectivity index (χ3n) is 3.39. The van der Waals surface area contributed by atoms with Crippen LogP contribution in [0.4, 0.5) is 0 Å². The number of benzene rings is 1. The van der Waals surface area contributed by atoms with Crippen molar-refractivity contribution in [3.05, 3.63) is 34.9 Å². The molecule has 0 radical (unpaired) electrons. The van der Waals surface area contributed by atoms with Crippen LogP contribution in [0.5, 0.6) is 5.75 Å². The van der Waals surface area contributed by atoms with Gasteiger partial charge in [-0.15, -0.1) is 0 Å². The summed E-state index contributed by atoms with van der Waals surface area (Å²) in [5.41, 5.74) is -0.381. The Labute approximate surface area is 141 Å². The van der Waals surface area contributed by atoms with Crippen LogP contribution in [0.1, 0.15) is 32.3 Å². The fourth-order valence-electron chi connectivity index (χ4n) is 2.26. The fraction of sp³-hybridized carbons (Fsp3) is 0.412. The molecule has 0 aromatic heterocycles. The number of carbonyl (C=O) groups excluding carboxylic acids is 2. The number of esters is 1. The fourth-order valence-corrected chi connectivity index (χ4v) is 2.44. The molecule has 0 aliphatic rings. The topological polar surface area (TPSA) is 64.6 Å². The van der Waals surface area contributed by atoms with Crippen LogP contribution in [0.2, 0.25) is 5.02 Å². The van der Waals surface area contributed by atoms with Crippen LogP contribution >= 0.6 is 11.6 Å². The molecule has 0 spiro atoms. The first-order valence-corrected chi connectivity index (χ1v) is 7.66. The van der Waals surface area contributed by atoms with Gasteiger partial charge in [-0.2, -0.15) is 0 Å². The SMILES string of the molecule is CCCC(C)(NC(=O)/C=C/c1cc(Cl)ccc1OC)C(=O)OC. The van der Waals surface area contributed by atoms with E-state index in [-0.39, 0.29) is 0 Å². The Hall–Kier alpha value is -2.01. The number of methoxy groups -OCH3 is 2. The molecule has 5 nitrogen and oxygen atoms in total. The van der Waals surface area contributed by atoms with Gasteiger partial charge in [-0.05, 0) is 37.6 Å². The molecular weight excluding hydrogens is 318 g/mol. The van der Waals surface area contributed by atoms with Crippen molar-refractivity contribution in [2.24, 2.45) is 0 Å². The molecule has 1 N–H and O–H groups in total. The van der Waals surface area contributed by atoms with Gasteiger partial charge >= 0.3 is 5.97 Å². The summed E-state index contributed by atoms with van der Waals surface area (Å²) in [5.74, 6) is -0.266. The maximum absolute atomic E-state index is 12.1. The van der Waals surface area contributed by atoms with Crippen LogP contribution in [0.15, 0.2) is 24.3 Å². The molecule has 1 unspecified atom stereocenters. The van der Waals surface area contributed by atoms with Gasteiger partial charge in [-0.3, -0.25) is 4.79 Å². The molecule has 0 heterocycles. The summed E-state index contributed by atoms with van der Waals surface area (Å²) in [6, 6.07) is 5.11. The third-order valence-corrected chi connectivity index (χ3v) is 3.63. The first-order chi connectivity index (χ1) is 10.9. The maximum atomic E-state index is 12.1. The number of nitrogens with one attached hydrogen (secondary N) is 1. The van der Waals surface area contributed by atoms with Gasteiger partial charge in [0.1, 0.15) is 11.3 Å². The van der Waals surface area contributed by atoms with Crippen molar-refractivity contribution >= 4 is 29.6 Å². The number of hydrogen-bond acceptors (Lipinski definition) is 4. The van der Waals surface area contributed by atoms with Crippen LogP contribution < -0.4 is 10.1 Å². The van der Waals surface area contributed by atoms with Crippen LogP contribution in [-0.4, -0.2) is 31.6 Å². The van der Waals surface area contributed by atoms with Gasteiger partial charge in [0.15, 0.2) is 0 Å². The minimum Gasteiger partial charge on any atom is -0.496 e. The van der Waals surface area contributed by atoms with Gasteiger partial charge in [0.2, 0.25) is 5.91 Å². The Morgan fingerprint density at radius 3 is 2.61 bits per heavy atom. The third kappa shape index (κ3) is 5.28. The average Bonchev–Trinajstić information content (AvgIpc) is 2.52. The van der Waals surface area contributed by atoms with Crippen molar-refractivity contribution in [1.29, 1.82) is 0 Å². The Kier molecular flexibility index (Phi) is 7.10. The summed E-state index contributed by atoms with van der Waals surface area (Å²) in [4.78, 5) is 24.0. The molecule has 126 valence electrons. The van der Waals surface area contributed by atoms with Gasteiger partial charge in [-0.25, -0.2) is 4.79 Å². The largest absolute Gasteiger partial charge is 0.496 e. The van der Waals surface area contributed by atoms with Crippen LogP contribution in [0, 0.1) is 0 Å². The highest BCUT2D eigenvalue weighted by molar-refractivity contribution is 6.30. The van der Waals surface area contributed by atoms with Gasteiger partial charge in [0, 0.05) is 16.7 Å². The van der Waals surface area contributed by atoms with E-state index in [0.717, 1.165) is 6.42 Å². The van der Waals surface area contributed by atoms with Gasteiger partial charge in [-0.1, -0.05) is 24.9 Å². The molecular formula is C17H22ClNO4. The molecule has 1 aromatic rings. The van der Waals surface area contributed by atoms with E-state index in [1.165, 1.54) is 20.3 Å². The highest BCUT2D eigenvalue weighted by Gasteiger charge is 2.34. The summed E-state index contributed by atoms with van der Waals surface area (Å²) in [5, 5.41) is 3.23. The van der Waals surface area contributed by atoms with Crippen molar-refractivity contribution in [1.82, 2.24) is 5.32 Å². The number of rotatable bonds is 7. The molecule has 1 amide bonds. The van der Waals surface area contributed by atoms with E-state index in [1.807, 2.05) is 6.92 Å². The highest BCUT2D eigenvalue weighted by Crippen LogP contribution is 2.23.